The van der Waals surface area contributed by atoms with Gasteiger partial charge in [0.15, 0.2) is 11.5 Å². The third-order valence-electron chi connectivity index (χ3n) is 5.57. The van der Waals surface area contributed by atoms with Crippen molar-refractivity contribution in [2.24, 2.45) is 0 Å². The molecule has 0 amide bonds. The molecular weight excluding hydrogens is 531 g/mol. The van der Waals surface area contributed by atoms with Crippen molar-refractivity contribution in [3.05, 3.63) is 46.3 Å². The Balaban J connectivity index is 1.44. The molecule has 0 bridgehead atoms. The first-order valence-electron chi connectivity index (χ1n) is 11.3. The lowest BCUT2D eigenvalue weighted by Gasteiger charge is -2.21. The number of benzene rings is 2. The molecule has 1 aliphatic heterocycles. The first-order chi connectivity index (χ1) is 16.2. The number of hydrogen-bond acceptors (Lipinski definition) is 8. The Bertz CT molecular complexity index is 1040. The Morgan fingerprint density at radius 3 is 2.61 bits per heavy atom. The van der Waals surface area contributed by atoms with Gasteiger partial charge < -0.3 is 30.3 Å². The second-order valence-corrected chi connectivity index (χ2v) is 9.17. The van der Waals surface area contributed by atoms with Crippen molar-refractivity contribution in [2.45, 2.75) is 6.42 Å². The van der Waals surface area contributed by atoms with Crippen molar-refractivity contribution < 1.29 is 9.47 Å². The van der Waals surface area contributed by atoms with Crippen LogP contribution in [-0.2, 0) is 0 Å². The molecule has 1 aromatic heterocycles. The number of fused-ring (bicyclic) bond motifs is 1. The van der Waals surface area contributed by atoms with Gasteiger partial charge >= 0.3 is 0 Å². The topological polar surface area (TPSA) is 83.6 Å². The molecule has 1 fully saturated rings. The second kappa shape index (κ2) is 12.3. The van der Waals surface area contributed by atoms with E-state index < -0.39 is 0 Å². The molecule has 3 N–H and O–H groups in total. The normalized spacial score (nSPS) is 15.5. The number of nitrogens with one attached hydrogen (secondary N) is 3. The predicted molar refractivity (Wildman–Crippen MR) is 141 cm³/mol. The quantitative estimate of drug-likeness (QED) is 0.285. The zero-order valence-corrected chi connectivity index (χ0v) is 21.1. The highest BCUT2D eigenvalue weighted by atomic mass is 127. The maximum absolute atomic E-state index is 6.16. The number of halogens is 1. The van der Waals surface area contributed by atoms with Crippen LogP contribution in [-0.4, -0.2) is 74.4 Å². The summed E-state index contributed by atoms with van der Waals surface area (Å²) in [5.74, 6) is 2.13. The molecule has 0 atom stereocenters. The fraction of sp³-hybridized carbons (Fsp3) is 0.417. The summed E-state index contributed by atoms with van der Waals surface area (Å²) in [6.07, 6.45) is 2.51. The van der Waals surface area contributed by atoms with Gasteiger partial charge in [0.05, 0.1) is 19.2 Å². The third-order valence-corrected chi connectivity index (χ3v) is 6.24. The monoisotopic (exact) mass is 562 g/mol. The first-order valence-corrected chi connectivity index (χ1v) is 12.4. The van der Waals surface area contributed by atoms with E-state index >= 15 is 0 Å². The van der Waals surface area contributed by atoms with Gasteiger partial charge in [-0.2, -0.15) is 0 Å². The van der Waals surface area contributed by atoms with Gasteiger partial charge in [0.1, 0.15) is 12.1 Å². The molecule has 0 radical (unpaired) electrons. The van der Waals surface area contributed by atoms with Crippen LogP contribution in [0.25, 0.3) is 10.9 Å². The van der Waals surface area contributed by atoms with Gasteiger partial charge in [0.25, 0.3) is 0 Å². The van der Waals surface area contributed by atoms with E-state index in [0.717, 1.165) is 78.2 Å². The molecule has 0 aliphatic carbocycles. The Morgan fingerprint density at radius 2 is 1.85 bits per heavy atom. The summed E-state index contributed by atoms with van der Waals surface area (Å²) >= 11 is 2.30. The smallest absolute Gasteiger partial charge is 0.162 e. The first kappa shape index (κ1) is 23.9. The third kappa shape index (κ3) is 6.89. The Kier molecular flexibility index (Phi) is 8.93. The minimum Gasteiger partial charge on any atom is -0.493 e. The summed E-state index contributed by atoms with van der Waals surface area (Å²) < 4.78 is 12.9. The minimum atomic E-state index is 0.618. The maximum atomic E-state index is 6.16. The summed E-state index contributed by atoms with van der Waals surface area (Å²) in [5.41, 5.74) is 1.78. The Morgan fingerprint density at radius 1 is 1.03 bits per heavy atom. The molecule has 9 heteroatoms. The molecule has 1 aliphatic rings. The number of nitrogens with zero attached hydrogens (tertiary/aromatic N) is 3. The summed E-state index contributed by atoms with van der Waals surface area (Å²) in [4.78, 5) is 11.4. The Hall–Kier alpha value is -2.21. The average molecular weight is 562 g/mol. The summed E-state index contributed by atoms with van der Waals surface area (Å²) in [6.45, 7) is 7.85. The van der Waals surface area contributed by atoms with E-state index in [1.54, 1.807) is 13.4 Å². The van der Waals surface area contributed by atoms with Crippen LogP contribution in [0.2, 0.25) is 0 Å². The molecule has 4 rings (SSSR count). The minimum absolute atomic E-state index is 0.618. The number of ether oxygens (including phenoxy) is 2. The Labute approximate surface area is 208 Å². The number of hydrogen-bond donors (Lipinski definition) is 3. The van der Waals surface area contributed by atoms with Crippen LogP contribution < -0.4 is 25.4 Å². The molecular formula is C24H31IN6O2. The van der Waals surface area contributed by atoms with E-state index in [1.165, 1.54) is 0 Å². The van der Waals surface area contributed by atoms with Crippen molar-refractivity contribution in [3.8, 4) is 11.5 Å². The van der Waals surface area contributed by atoms with E-state index in [-0.39, 0.29) is 0 Å². The number of rotatable bonds is 8. The van der Waals surface area contributed by atoms with Crippen LogP contribution in [0.3, 0.4) is 0 Å². The zero-order chi connectivity index (χ0) is 22.9. The van der Waals surface area contributed by atoms with Crippen molar-refractivity contribution in [1.82, 2.24) is 25.5 Å². The molecule has 1 saturated heterocycles. The lowest BCUT2D eigenvalue weighted by molar-refractivity contribution is 0.233. The number of methoxy groups -OCH3 is 1. The van der Waals surface area contributed by atoms with E-state index in [4.69, 9.17) is 9.47 Å². The largest absolute Gasteiger partial charge is 0.493 e. The molecule has 176 valence electrons. The molecule has 0 spiro atoms. The summed E-state index contributed by atoms with van der Waals surface area (Å²) in [6, 6.07) is 12.1. The molecule has 0 saturated carbocycles. The molecule has 3 aromatic rings. The lowest BCUT2D eigenvalue weighted by atomic mass is 10.2. The van der Waals surface area contributed by atoms with Gasteiger partial charge in [0.2, 0.25) is 0 Å². The molecule has 0 unspecified atom stereocenters. The van der Waals surface area contributed by atoms with Gasteiger partial charge in [-0.05, 0) is 53.3 Å². The molecule has 2 heterocycles. The average Bonchev–Trinajstić information content (AvgIpc) is 2.96. The molecule has 2 aromatic carbocycles. The highest BCUT2D eigenvalue weighted by molar-refractivity contribution is 14.1. The van der Waals surface area contributed by atoms with E-state index in [1.807, 2.05) is 24.3 Å². The van der Waals surface area contributed by atoms with E-state index in [9.17, 15) is 0 Å². The second-order valence-electron chi connectivity index (χ2n) is 7.92. The van der Waals surface area contributed by atoms with Crippen molar-refractivity contribution in [3.63, 3.8) is 0 Å². The number of aromatic nitrogens is 2. The van der Waals surface area contributed by atoms with Gasteiger partial charge in [-0.25, -0.2) is 9.97 Å². The highest BCUT2D eigenvalue weighted by Crippen LogP contribution is 2.34. The van der Waals surface area contributed by atoms with Crippen LogP contribution in [0.15, 0.2) is 42.7 Å². The van der Waals surface area contributed by atoms with Crippen molar-refractivity contribution in [2.75, 3.05) is 64.8 Å². The molecule has 8 nitrogen and oxygen atoms in total. The van der Waals surface area contributed by atoms with Gasteiger partial charge in [-0.3, -0.25) is 0 Å². The highest BCUT2D eigenvalue weighted by Gasteiger charge is 2.13. The molecule has 33 heavy (non-hydrogen) atoms. The van der Waals surface area contributed by atoms with Crippen molar-refractivity contribution >= 4 is 45.0 Å². The van der Waals surface area contributed by atoms with E-state index in [2.05, 4.69) is 65.5 Å². The van der Waals surface area contributed by atoms with Gasteiger partial charge in [-0.15, -0.1) is 0 Å². The van der Waals surface area contributed by atoms with Crippen LogP contribution in [0.5, 0.6) is 11.5 Å². The number of anilines is 2. The SMILES string of the molecule is COc1cc2ncnc(Nc3cccc(I)c3)c2cc1OCCCN1CCNCCNCC1. The predicted octanol–water partition coefficient (Wildman–Crippen LogP) is 3.25. The van der Waals surface area contributed by atoms with Gasteiger partial charge in [0, 0.05) is 66.5 Å². The van der Waals surface area contributed by atoms with Gasteiger partial charge in [-0.1, -0.05) is 6.07 Å². The zero-order valence-electron chi connectivity index (χ0n) is 18.9. The summed E-state index contributed by atoms with van der Waals surface area (Å²) in [7, 11) is 1.66. The van der Waals surface area contributed by atoms with Crippen LogP contribution >= 0.6 is 22.6 Å². The maximum Gasteiger partial charge on any atom is 0.162 e. The standard InChI is InChI=1S/C24H31IN6O2/c1-32-22-16-21-20(24(29-17-28-21)30-19-5-2-4-18(25)14-19)15-23(22)33-13-3-10-31-11-8-26-6-7-27-9-12-31/h2,4-5,14-17,26-27H,3,6-13H2,1H3,(H,28,29,30). The summed E-state index contributed by atoms with van der Waals surface area (Å²) in [5, 5.41) is 11.2. The van der Waals surface area contributed by atoms with Crippen LogP contribution in [0, 0.1) is 3.57 Å². The van der Waals surface area contributed by atoms with Crippen LogP contribution in [0.1, 0.15) is 6.42 Å². The lowest BCUT2D eigenvalue weighted by Crippen LogP contribution is -2.35. The van der Waals surface area contributed by atoms with Crippen LogP contribution in [0.4, 0.5) is 11.5 Å². The fourth-order valence-electron chi connectivity index (χ4n) is 3.85. The fourth-order valence-corrected chi connectivity index (χ4v) is 4.39. The van der Waals surface area contributed by atoms with E-state index in [0.29, 0.717) is 18.1 Å². The van der Waals surface area contributed by atoms with Crippen molar-refractivity contribution in [1.29, 1.82) is 0 Å².